The number of hydrogen-bond acceptors (Lipinski definition) is 4. The summed E-state index contributed by atoms with van der Waals surface area (Å²) in [6, 6.07) is 7.62. The normalized spacial score (nSPS) is 10.9. The fraction of sp³-hybridized carbons (Fsp3) is 0.214. The van der Waals surface area contributed by atoms with Crippen molar-refractivity contribution in [1.29, 1.82) is 0 Å². The van der Waals surface area contributed by atoms with Gasteiger partial charge in [0.05, 0.1) is 14.2 Å². The molecule has 0 spiro atoms. The maximum atomic E-state index is 11.5. The van der Waals surface area contributed by atoms with Crippen molar-refractivity contribution >= 4 is 17.7 Å². The van der Waals surface area contributed by atoms with Gasteiger partial charge in [0.15, 0.2) is 0 Å². The number of carbonyl (C=O) groups excluding carboxylic acids is 1. The third kappa shape index (κ3) is 4.30. The number of rotatable bonds is 6. The molecular weight excluding hydrogens is 248 g/mol. The molecule has 0 aromatic heterocycles. The molecule has 0 radical (unpaired) electrons. The van der Waals surface area contributed by atoms with Gasteiger partial charge in [-0.15, -0.1) is 6.58 Å². The maximum absolute atomic E-state index is 11.5. The molecule has 0 atom stereocenters. The fourth-order valence-electron chi connectivity index (χ4n) is 1.26. The Labute approximate surface area is 111 Å². The van der Waals surface area contributed by atoms with E-state index in [-0.39, 0.29) is 5.97 Å². The van der Waals surface area contributed by atoms with Crippen LogP contribution in [0.2, 0.25) is 0 Å². The highest BCUT2D eigenvalue weighted by atomic mass is 32.2. The number of thioether (sulfide) groups is 1. The quantitative estimate of drug-likeness (QED) is 0.341. The first-order chi connectivity index (χ1) is 8.71. The van der Waals surface area contributed by atoms with Crippen LogP contribution in [0.4, 0.5) is 0 Å². The van der Waals surface area contributed by atoms with Gasteiger partial charge in [-0.2, -0.15) is 0 Å². The van der Waals surface area contributed by atoms with Crippen molar-refractivity contribution in [3.63, 3.8) is 0 Å². The van der Waals surface area contributed by atoms with Crippen molar-refractivity contribution in [3.05, 3.63) is 47.9 Å². The summed E-state index contributed by atoms with van der Waals surface area (Å²) in [5.74, 6) is 0.485. The van der Waals surface area contributed by atoms with Gasteiger partial charge in [-0.1, -0.05) is 17.8 Å². The lowest BCUT2D eigenvalue weighted by Gasteiger charge is -2.03. The lowest BCUT2D eigenvalue weighted by Crippen LogP contribution is -2.03. The summed E-state index contributed by atoms with van der Waals surface area (Å²) in [4.78, 5) is 12.5. The average molecular weight is 264 g/mol. The second-order valence-corrected chi connectivity index (χ2v) is 4.36. The minimum atomic E-state index is -0.323. The van der Waals surface area contributed by atoms with Crippen LogP contribution >= 0.6 is 11.8 Å². The van der Waals surface area contributed by atoms with E-state index in [0.717, 1.165) is 10.6 Å². The third-order valence-corrected chi connectivity index (χ3v) is 3.16. The number of methoxy groups -OCH3 is 2. The molecule has 0 amide bonds. The van der Waals surface area contributed by atoms with E-state index in [2.05, 4.69) is 6.58 Å². The first-order valence-electron chi connectivity index (χ1n) is 5.40. The van der Waals surface area contributed by atoms with Crippen molar-refractivity contribution in [1.82, 2.24) is 0 Å². The summed E-state index contributed by atoms with van der Waals surface area (Å²) in [5.41, 5.74) is 0.591. The fourth-order valence-corrected chi connectivity index (χ4v) is 2.02. The number of benzene rings is 1. The highest BCUT2D eigenvalue weighted by molar-refractivity contribution is 8.02. The lowest BCUT2D eigenvalue weighted by atomic mass is 10.2. The Hall–Kier alpha value is -1.68. The van der Waals surface area contributed by atoms with Gasteiger partial charge in [-0.25, -0.2) is 4.79 Å². The molecule has 0 aliphatic heterocycles. The molecule has 0 aliphatic rings. The van der Waals surface area contributed by atoms with Gasteiger partial charge in [0.1, 0.15) is 5.75 Å². The summed E-state index contributed by atoms with van der Waals surface area (Å²) in [7, 11) is 3.00. The van der Waals surface area contributed by atoms with Crippen LogP contribution in [-0.2, 0) is 9.53 Å². The van der Waals surface area contributed by atoms with E-state index in [9.17, 15) is 4.79 Å². The molecule has 3 nitrogen and oxygen atoms in total. The summed E-state index contributed by atoms with van der Waals surface area (Å²) in [6.45, 7) is 3.62. The number of allylic oxidation sites excluding steroid dienone is 1. The Morgan fingerprint density at radius 3 is 2.50 bits per heavy atom. The van der Waals surface area contributed by atoms with Crippen LogP contribution < -0.4 is 4.74 Å². The minimum Gasteiger partial charge on any atom is -0.497 e. The van der Waals surface area contributed by atoms with Crippen molar-refractivity contribution in [3.8, 4) is 5.75 Å². The number of ether oxygens (including phenoxy) is 2. The van der Waals surface area contributed by atoms with E-state index >= 15 is 0 Å². The monoisotopic (exact) mass is 264 g/mol. The molecule has 4 heteroatoms. The predicted molar refractivity (Wildman–Crippen MR) is 73.8 cm³/mol. The number of hydrogen-bond donors (Lipinski definition) is 0. The van der Waals surface area contributed by atoms with E-state index in [1.54, 1.807) is 18.6 Å². The number of esters is 1. The van der Waals surface area contributed by atoms with Gasteiger partial charge in [-0.05, 0) is 36.1 Å². The molecule has 1 aromatic rings. The highest BCUT2D eigenvalue weighted by Crippen LogP contribution is 2.24. The summed E-state index contributed by atoms with van der Waals surface area (Å²) in [5, 5.41) is 1.79. The van der Waals surface area contributed by atoms with Crippen LogP contribution in [0.1, 0.15) is 6.42 Å². The third-order valence-electron chi connectivity index (χ3n) is 2.21. The second kappa shape index (κ2) is 7.61. The van der Waals surface area contributed by atoms with E-state index < -0.39 is 0 Å². The molecule has 96 valence electrons. The van der Waals surface area contributed by atoms with Gasteiger partial charge in [-0.3, -0.25) is 0 Å². The van der Waals surface area contributed by atoms with E-state index in [1.807, 2.05) is 24.3 Å². The second-order valence-electron chi connectivity index (χ2n) is 3.42. The molecule has 0 unspecified atom stereocenters. The van der Waals surface area contributed by atoms with Crippen LogP contribution in [0.3, 0.4) is 0 Å². The van der Waals surface area contributed by atoms with Crippen molar-refractivity contribution < 1.29 is 14.3 Å². The summed E-state index contributed by atoms with van der Waals surface area (Å²) < 4.78 is 9.78. The van der Waals surface area contributed by atoms with Gasteiger partial charge >= 0.3 is 5.97 Å². The number of carbonyl (C=O) groups is 1. The minimum absolute atomic E-state index is 0.323. The standard InChI is InChI=1S/C14H16O3S/c1-4-5-11(14(15)17-3)10-18-13-8-6-12(16-2)7-9-13/h4,6-10H,1,5H2,2-3H3/b11-10-. The lowest BCUT2D eigenvalue weighted by molar-refractivity contribution is -0.136. The van der Waals surface area contributed by atoms with E-state index in [0.29, 0.717) is 12.0 Å². The summed E-state index contributed by atoms with van der Waals surface area (Å²) in [6.07, 6.45) is 2.17. The molecule has 18 heavy (non-hydrogen) atoms. The molecule has 1 aromatic carbocycles. The van der Waals surface area contributed by atoms with Gasteiger partial charge in [0.2, 0.25) is 0 Å². The summed E-state index contributed by atoms with van der Waals surface area (Å²) >= 11 is 1.47. The molecule has 0 heterocycles. The molecule has 1 rings (SSSR count). The smallest absolute Gasteiger partial charge is 0.334 e. The zero-order valence-electron chi connectivity index (χ0n) is 10.5. The van der Waals surface area contributed by atoms with Crippen LogP contribution in [0, 0.1) is 0 Å². The first kappa shape index (κ1) is 14.4. The molecule has 0 bridgehead atoms. The molecule has 0 fully saturated rings. The largest absolute Gasteiger partial charge is 0.497 e. The Bertz CT molecular complexity index is 435. The molecule has 0 saturated carbocycles. The van der Waals surface area contributed by atoms with Gasteiger partial charge in [0, 0.05) is 10.5 Å². The zero-order valence-corrected chi connectivity index (χ0v) is 11.3. The van der Waals surface area contributed by atoms with Gasteiger partial charge in [0.25, 0.3) is 0 Å². The Balaban J connectivity index is 2.74. The Kier molecular flexibility index (Phi) is 6.08. The van der Waals surface area contributed by atoms with Crippen LogP contribution in [0.15, 0.2) is 52.8 Å². The zero-order chi connectivity index (χ0) is 13.4. The topological polar surface area (TPSA) is 35.5 Å². The van der Waals surface area contributed by atoms with E-state index in [1.165, 1.54) is 18.9 Å². The maximum Gasteiger partial charge on any atom is 0.334 e. The molecule has 0 saturated heterocycles. The van der Waals surface area contributed by atoms with Crippen molar-refractivity contribution in [2.75, 3.05) is 14.2 Å². The predicted octanol–water partition coefficient (Wildman–Crippen LogP) is 3.42. The van der Waals surface area contributed by atoms with E-state index in [4.69, 9.17) is 9.47 Å². The van der Waals surface area contributed by atoms with Crippen molar-refractivity contribution in [2.24, 2.45) is 0 Å². The Morgan fingerprint density at radius 2 is 2.00 bits per heavy atom. The molecule has 0 aliphatic carbocycles. The Morgan fingerprint density at radius 1 is 1.33 bits per heavy atom. The average Bonchev–Trinajstić information content (AvgIpc) is 2.43. The van der Waals surface area contributed by atoms with Crippen LogP contribution in [0.5, 0.6) is 5.75 Å². The van der Waals surface area contributed by atoms with Crippen LogP contribution in [-0.4, -0.2) is 20.2 Å². The SMILES string of the molecule is C=CC/C(=C/Sc1ccc(OC)cc1)C(=O)OC. The van der Waals surface area contributed by atoms with Crippen LogP contribution in [0.25, 0.3) is 0 Å². The van der Waals surface area contributed by atoms with Gasteiger partial charge < -0.3 is 9.47 Å². The molecule has 0 N–H and O–H groups in total. The van der Waals surface area contributed by atoms with Crippen molar-refractivity contribution in [2.45, 2.75) is 11.3 Å². The highest BCUT2D eigenvalue weighted by Gasteiger charge is 2.07. The molecular formula is C14H16O3S. The first-order valence-corrected chi connectivity index (χ1v) is 6.28.